The molecule has 0 amide bonds. The van der Waals surface area contributed by atoms with E-state index in [-0.39, 0.29) is 11.5 Å². The van der Waals surface area contributed by atoms with Crippen molar-refractivity contribution in [2.24, 2.45) is 5.41 Å². The third kappa shape index (κ3) is 3.06. The molecule has 0 aromatic heterocycles. The molecule has 3 atom stereocenters. The van der Waals surface area contributed by atoms with Gasteiger partial charge in [0, 0.05) is 17.5 Å². The topological polar surface area (TPSA) is 67.2 Å². The van der Waals surface area contributed by atoms with Gasteiger partial charge in [-0.15, -0.1) is 0 Å². The molecule has 0 radical (unpaired) electrons. The molecule has 2 aromatic rings. The highest BCUT2D eigenvalue weighted by molar-refractivity contribution is 7.92. The van der Waals surface area contributed by atoms with Crippen LogP contribution in [0.5, 0.6) is 0 Å². The highest BCUT2D eigenvalue weighted by atomic mass is 35.5. The SMILES string of the molecule is CCOC[C@]1(C#N)[C@H](c2ccccc2)[C@@H]1S(=O)(=O)c1ccc(Cl)cc1. The van der Waals surface area contributed by atoms with Gasteiger partial charge < -0.3 is 4.74 Å². The summed E-state index contributed by atoms with van der Waals surface area (Å²) >= 11 is 5.87. The standard InChI is InChI=1S/C19H18ClNO3S/c1-2-24-13-19(12-21)17(14-6-4-3-5-7-14)18(19)25(22,23)16-10-8-15(20)9-11-16/h3-11,17-18H,2,13H2,1H3/t17-,18+,19-/m1/s1. The molecule has 0 heterocycles. The van der Waals surface area contributed by atoms with Gasteiger partial charge in [0.1, 0.15) is 5.41 Å². The largest absolute Gasteiger partial charge is 0.380 e. The molecule has 130 valence electrons. The Labute approximate surface area is 152 Å². The molecular formula is C19H18ClNO3S. The molecule has 6 heteroatoms. The minimum absolute atomic E-state index is 0.0943. The van der Waals surface area contributed by atoms with Gasteiger partial charge in [0.2, 0.25) is 0 Å². The van der Waals surface area contributed by atoms with Gasteiger partial charge in [-0.05, 0) is 36.8 Å². The fraction of sp³-hybridized carbons (Fsp3) is 0.316. The molecule has 0 bridgehead atoms. The van der Waals surface area contributed by atoms with Crippen LogP contribution >= 0.6 is 11.6 Å². The number of sulfone groups is 1. The lowest BCUT2D eigenvalue weighted by Crippen LogP contribution is -2.19. The molecule has 1 saturated carbocycles. The molecule has 3 rings (SSSR count). The highest BCUT2D eigenvalue weighted by Crippen LogP contribution is 2.63. The number of nitriles is 1. The van der Waals surface area contributed by atoms with Gasteiger partial charge in [0.05, 0.1) is 22.8 Å². The molecule has 1 aliphatic carbocycles. The molecular weight excluding hydrogens is 358 g/mol. The third-order valence-electron chi connectivity index (χ3n) is 4.64. The molecule has 25 heavy (non-hydrogen) atoms. The van der Waals surface area contributed by atoms with Crippen LogP contribution in [0.3, 0.4) is 0 Å². The third-order valence-corrected chi connectivity index (χ3v) is 7.19. The van der Waals surface area contributed by atoms with E-state index in [0.29, 0.717) is 11.6 Å². The summed E-state index contributed by atoms with van der Waals surface area (Å²) in [5.41, 5.74) is -0.234. The van der Waals surface area contributed by atoms with Gasteiger partial charge >= 0.3 is 0 Å². The zero-order valence-electron chi connectivity index (χ0n) is 13.7. The van der Waals surface area contributed by atoms with Crippen LogP contribution in [0.4, 0.5) is 0 Å². The predicted molar refractivity (Wildman–Crippen MR) is 96.1 cm³/mol. The lowest BCUT2D eigenvalue weighted by atomic mass is 10.0. The first-order chi connectivity index (χ1) is 12.0. The molecule has 4 nitrogen and oxygen atoms in total. The monoisotopic (exact) mass is 375 g/mol. The van der Waals surface area contributed by atoms with Crippen molar-refractivity contribution in [2.75, 3.05) is 13.2 Å². The summed E-state index contributed by atoms with van der Waals surface area (Å²) in [4.78, 5) is 0.177. The van der Waals surface area contributed by atoms with Gasteiger partial charge in [-0.3, -0.25) is 0 Å². The van der Waals surface area contributed by atoms with Crippen molar-refractivity contribution >= 4 is 21.4 Å². The van der Waals surface area contributed by atoms with Crippen molar-refractivity contribution in [2.45, 2.75) is 23.0 Å². The number of hydrogen-bond donors (Lipinski definition) is 0. The summed E-state index contributed by atoms with van der Waals surface area (Å²) in [5, 5.41) is 9.46. The fourth-order valence-electron chi connectivity index (χ4n) is 3.37. The number of halogens is 1. The first-order valence-electron chi connectivity index (χ1n) is 8.01. The second kappa shape index (κ2) is 6.80. The minimum Gasteiger partial charge on any atom is -0.380 e. The maximum atomic E-state index is 13.2. The maximum Gasteiger partial charge on any atom is 0.183 e. The molecule has 1 fully saturated rings. The highest BCUT2D eigenvalue weighted by Gasteiger charge is 2.72. The summed E-state index contributed by atoms with van der Waals surface area (Å²) in [5.74, 6) is -0.411. The van der Waals surface area contributed by atoms with E-state index >= 15 is 0 Å². The smallest absolute Gasteiger partial charge is 0.183 e. The number of rotatable bonds is 6. The average molecular weight is 376 g/mol. The van der Waals surface area contributed by atoms with E-state index in [9.17, 15) is 13.7 Å². The first kappa shape index (κ1) is 17.9. The minimum atomic E-state index is -3.69. The van der Waals surface area contributed by atoms with Crippen LogP contribution in [0.25, 0.3) is 0 Å². The Balaban J connectivity index is 2.05. The van der Waals surface area contributed by atoms with Crippen LogP contribution < -0.4 is 0 Å². The van der Waals surface area contributed by atoms with Crippen LogP contribution in [-0.2, 0) is 14.6 Å². The fourth-order valence-corrected chi connectivity index (χ4v) is 5.81. The Morgan fingerprint density at radius 2 is 1.80 bits per heavy atom. The van der Waals surface area contributed by atoms with E-state index < -0.39 is 26.4 Å². The summed E-state index contributed by atoms with van der Waals surface area (Å²) in [6.45, 7) is 2.35. The van der Waals surface area contributed by atoms with Gasteiger partial charge in [-0.25, -0.2) is 8.42 Å². The van der Waals surface area contributed by atoms with Gasteiger partial charge in [0.25, 0.3) is 0 Å². The average Bonchev–Trinajstić information content (AvgIpc) is 3.31. The van der Waals surface area contributed by atoms with Gasteiger partial charge in [0.15, 0.2) is 9.84 Å². The van der Waals surface area contributed by atoms with Crippen molar-refractivity contribution in [1.29, 1.82) is 5.26 Å². The van der Waals surface area contributed by atoms with Crippen LogP contribution in [-0.4, -0.2) is 26.9 Å². The lowest BCUT2D eigenvalue weighted by molar-refractivity contribution is 0.117. The van der Waals surface area contributed by atoms with Crippen molar-refractivity contribution in [3.63, 3.8) is 0 Å². The predicted octanol–water partition coefficient (Wildman–Crippen LogP) is 3.83. The van der Waals surface area contributed by atoms with Gasteiger partial charge in [-0.1, -0.05) is 41.9 Å². The molecule has 0 aliphatic heterocycles. The Kier molecular flexibility index (Phi) is 4.88. The molecule has 0 unspecified atom stereocenters. The molecule has 2 aromatic carbocycles. The number of ether oxygens (including phenoxy) is 1. The second-order valence-electron chi connectivity index (χ2n) is 6.10. The second-order valence-corrected chi connectivity index (χ2v) is 8.60. The summed E-state index contributed by atoms with van der Waals surface area (Å²) < 4.78 is 31.8. The summed E-state index contributed by atoms with van der Waals surface area (Å²) in [6.07, 6.45) is 0. The van der Waals surface area contributed by atoms with E-state index in [2.05, 4.69) is 6.07 Å². The number of hydrogen-bond acceptors (Lipinski definition) is 4. The molecule has 0 saturated heterocycles. The number of benzene rings is 2. The Hall–Kier alpha value is -1.87. The van der Waals surface area contributed by atoms with Crippen molar-refractivity contribution in [3.05, 3.63) is 65.2 Å². The first-order valence-corrected chi connectivity index (χ1v) is 9.93. The van der Waals surface area contributed by atoms with Crippen LogP contribution in [0, 0.1) is 16.7 Å². The van der Waals surface area contributed by atoms with Gasteiger partial charge in [-0.2, -0.15) is 5.26 Å². The summed E-state index contributed by atoms with van der Waals surface area (Å²) in [7, 11) is -3.69. The summed E-state index contributed by atoms with van der Waals surface area (Å²) in [6, 6.07) is 17.6. The van der Waals surface area contributed by atoms with E-state index in [0.717, 1.165) is 5.56 Å². The normalized spacial score (nSPS) is 25.3. The van der Waals surface area contributed by atoms with Crippen molar-refractivity contribution < 1.29 is 13.2 Å². The Morgan fingerprint density at radius 3 is 2.36 bits per heavy atom. The van der Waals surface area contributed by atoms with Crippen molar-refractivity contribution in [1.82, 2.24) is 0 Å². The maximum absolute atomic E-state index is 13.2. The Morgan fingerprint density at radius 1 is 1.16 bits per heavy atom. The van der Waals surface area contributed by atoms with Crippen LogP contribution in [0.15, 0.2) is 59.5 Å². The number of nitrogens with zero attached hydrogens (tertiary/aromatic N) is 1. The zero-order chi connectivity index (χ0) is 18.1. The van der Waals surface area contributed by atoms with Crippen molar-refractivity contribution in [3.8, 4) is 6.07 Å². The zero-order valence-corrected chi connectivity index (χ0v) is 15.3. The van der Waals surface area contributed by atoms with Crippen LogP contribution in [0.1, 0.15) is 18.4 Å². The van der Waals surface area contributed by atoms with E-state index in [1.54, 1.807) is 12.1 Å². The van der Waals surface area contributed by atoms with Crippen LogP contribution in [0.2, 0.25) is 5.02 Å². The molecule has 1 aliphatic rings. The van der Waals surface area contributed by atoms with E-state index in [4.69, 9.17) is 16.3 Å². The molecule has 0 N–H and O–H groups in total. The molecule has 0 spiro atoms. The quantitative estimate of drug-likeness (QED) is 0.769. The Bertz CT molecular complexity index is 891. The van der Waals surface area contributed by atoms with E-state index in [1.807, 2.05) is 37.3 Å². The van der Waals surface area contributed by atoms with E-state index in [1.165, 1.54) is 12.1 Å². The lowest BCUT2D eigenvalue weighted by Gasteiger charge is -2.09.